The van der Waals surface area contributed by atoms with Crippen LogP contribution in [0.25, 0.3) is 0 Å². The van der Waals surface area contributed by atoms with Gasteiger partial charge >= 0.3 is 18.0 Å². The average Bonchev–Trinajstić information content (AvgIpc) is 3.37. The van der Waals surface area contributed by atoms with Gasteiger partial charge in [0.05, 0.1) is 35.5 Å². The highest BCUT2D eigenvalue weighted by Crippen LogP contribution is 2.43. The lowest BCUT2D eigenvalue weighted by atomic mass is 9.74. The highest BCUT2D eigenvalue weighted by atomic mass is 19.4. The number of nitrogens with one attached hydrogen (secondary N) is 2. The number of alkyl halides is 6. The third-order valence-corrected chi connectivity index (χ3v) is 7.87. The normalized spacial score (nSPS) is 27.2. The number of ether oxygens (including phenoxy) is 1. The van der Waals surface area contributed by atoms with E-state index in [0.29, 0.717) is 6.42 Å². The Morgan fingerprint density at radius 2 is 1.93 bits per heavy atom. The van der Waals surface area contributed by atoms with E-state index in [2.05, 4.69) is 20.7 Å². The Bertz CT molecular complexity index is 1330. The van der Waals surface area contributed by atoms with Crippen molar-refractivity contribution in [3.8, 4) is 0 Å². The summed E-state index contributed by atoms with van der Waals surface area (Å²) in [5, 5.41) is 22.4. The van der Waals surface area contributed by atoms with Crippen LogP contribution in [0.2, 0.25) is 0 Å². The molecule has 1 fully saturated rings. The molecular weight excluding hydrogens is 544 g/mol. The quantitative estimate of drug-likeness (QED) is 0.191. The number of nitrogens with zero attached hydrogens (tertiary/aromatic N) is 3. The molecule has 218 valence electrons. The van der Waals surface area contributed by atoms with Crippen molar-refractivity contribution in [1.29, 1.82) is 0 Å². The highest BCUT2D eigenvalue weighted by molar-refractivity contribution is 5.89. The summed E-state index contributed by atoms with van der Waals surface area (Å²) in [7, 11) is 0. The van der Waals surface area contributed by atoms with E-state index < -0.39 is 53.1 Å². The predicted molar refractivity (Wildman–Crippen MR) is 133 cm³/mol. The van der Waals surface area contributed by atoms with Crippen molar-refractivity contribution in [2.45, 2.75) is 62.6 Å². The largest absolute Gasteiger partial charge is 0.416 e. The van der Waals surface area contributed by atoms with E-state index in [1.165, 1.54) is 17.8 Å². The molecule has 0 spiro atoms. The average molecular weight is 574 g/mol. The number of oxime groups is 1. The van der Waals surface area contributed by atoms with Crippen molar-refractivity contribution >= 4 is 5.71 Å². The van der Waals surface area contributed by atoms with Gasteiger partial charge in [0, 0.05) is 6.54 Å². The Kier molecular flexibility index (Phi) is 8.05. The molecule has 1 aromatic heterocycles. The third-order valence-electron chi connectivity index (χ3n) is 7.87. The minimum Gasteiger partial charge on any atom is -0.411 e. The molecule has 4 rings (SSSR count). The van der Waals surface area contributed by atoms with Crippen LogP contribution in [0.4, 0.5) is 26.3 Å². The van der Waals surface area contributed by atoms with Crippen molar-refractivity contribution < 1.29 is 36.3 Å². The van der Waals surface area contributed by atoms with Crippen LogP contribution >= 0.6 is 0 Å². The Morgan fingerprint density at radius 1 is 1.23 bits per heavy atom. The molecule has 8 nitrogen and oxygen atoms in total. The van der Waals surface area contributed by atoms with Gasteiger partial charge in [0.2, 0.25) is 0 Å². The molecule has 4 atom stereocenters. The van der Waals surface area contributed by atoms with Crippen LogP contribution < -0.4 is 11.0 Å². The predicted octanol–water partition coefficient (Wildman–Crippen LogP) is 4.80. The van der Waals surface area contributed by atoms with E-state index in [1.54, 1.807) is 25.1 Å². The molecule has 0 saturated carbocycles. The Labute approximate surface area is 225 Å². The van der Waals surface area contributed by atoms with Gasteiger partial charge in [-0.3, -0.25) is 4.57 Å². The summed E-state index contributed by atoms with van der Waals surface area (Å²) in [6.45, 7) is 2.99. The Balaban J connectivity index is 1.61. The molecular formula is C26H29F6N5O3. The van der Waals surface area contributed by atoms with Crippen LogP contribution in [0.5, 0.6) is 0 Å². The first kappa shape index (κ1) is 29.6. The Morgan fingerprint density at radius 3 is 2.45 bits per heavy atom. The van der Waals surface area contributed by atoms with Gasteiger partial charge < -0.3 is 15.3 Å². The number of allylic oxidation sites excluding steroid dienone is 3. The summed E-state index contributed by atoms with van der Waals surface area (Å²) in [6, 6.07) is 9.05. The van der Waals surface area contributed by atoms with Crippen LogP contribution in [-0.2, 0) is 15.8 Å². The van der Waals surface area contributed by atoms with Crippen molar-refractivity contribution in [2.75, 3.05) is 13.2 Å². The van der Waals surface area contributed by atoms with Gasteiger partial charge in [-0.05, 0) is 50.3 Å². The SMILES string of the molecule is C/C(=N\O)[C@]1(n2cn[nH]c2=O)CC[C@@](CO[C@H](C)C2=CC(C(F)(F)F)=CC(C(F)(F)F)C2)(c2ccccc2)NC1. The number of hydrogen-bond donors (Lipinski definition) is 3. The number of hydrogen-bond acceptors (Lipinski definition) is 6. The molecule has 0 amide bonds. The summed E-state index contributed by atoms with van der Waals surface area (Å²) in [6.07, 6.45) is -8.64. The van der Waals surface area contributed by atoms with Gasteiger partial charge in [0.1, 0.15) is 11.9 Å². The number of H-pyrrole nitrogens is 1. The van der Waals surface area contributed by atoms with Crippen molar-refractivity contribution in [3.05, 3.63) is 76.0 Å². The molecule has 0 radical (unpaired) electrons. The number of halogens is 6. The number of aromatic nitrogens is 3. The minimum atomic E-state index is -4.94. The van der Waals surface area contributed by atoms with Gasteiger partial charge in [-0.1, -0.05) is 41.6 Å². The van der Waals surface area contributed by atoms with Crippen molar-refractivity contribution in [3.63, 3.8) is 0 Å². The molecule has 14 heteroatoms. The van der Waals surface area contributed by atoms with E-state index in [-0.39, 0.29) is 36.9 Å². The van der Waals surface area contributed by atoms with E-state index >= 15 is 0 Å². The second kappa shape index (κ2) is 10.9. The molecule has 2 aromatic rings. The molecule has 2 heterocycles. The molecule has 2 aliphatic rings. The van der Waals surface area contributed by atoms with Crippen molar-refractivity contribution in [2.24, 2.45) is 11.1 Å². The Hall–Kier alpha value is -3.39. The fraction of sp³-hybridized carbons (Fsp3) is 0.500. The van der Waals surface area contributed by atoms with Gasteiger partial charge in [-0.25, -0.2) is 9.89 Å². The van der Waals surface area contributed by atoms with Crippen LogP contribution in [0.1, 0.15) is 38.7 Å². The lowest BCUT2D eigenvalue weighted by Gasteiger charge is -2.47. The van der Waals surface area contributed by atoms with Crippen LogP contribution in [0.15, 0.2) is 69.9 Å². The lowest BCUT2D eigenvalue weighted by molar-refractivity contribution is -0.163. The van der Waals surface area contributed by atoms with Gasteiger partial charge in [-0.2, -0.15) is 31.4 Å². The molecule has 1 aromatic carbocycles. The molecule has 40 heavy (non-hydrogen) atoms. The fourth-order valence-electron chi connectivity index (χ4n) is 5.34. The van der Waals surface area contributed by atoms with Crippen LogP contribution in [0, 0.1) is 5.92 Å². The zero-order valence-electron chi connectivity index (χ0n) is 21.7. The second-order valence-electron chi connectivity index (χ2n) is 10.2. The summed E-state index contributed by atoms with van der Waals surface area (Å²) >= 11 is 0. The maximum absolute atomic E-state index is 13.5. The van der Waals surface area contributed by atoms with Crippen LogP contribution in [-0.4, -0.2) is 57.3 Å². The zero-order chi connectivity index (χ0) is 29.3. The standard InChI is InChI=1S/C26H29F6N5O3/c1-16(18-10-20(25(27,28)29)12-21(11-18)26(30,31)32)40-14-23(19-6-4-3-5-7-19)8-9-24(13-33-23,17(2)36-39)37-15-34-35-22(37)38/h3-7,10,12,15-16,21,33,39H,8-9,11,13-14H2,1-2H3,(H,35,38)/b36-17+/t16-,21?,23-,24+/m1/s1. The van der Waals surface area contributed by atoms with E-state index in [0.717, 1.165) is 11.6 Å². The smallest absolute Gasteiger partial charge is 0.411 e. The zero-order valence-corrected chi connectivity index (χ0v) is 21.7. The topological polar surface area (TPSA) is 105 Å². The maximum atomic E-state index is 13.5. The molecule has 1 unspecified atom stereocenters. The summed E-state index contributed by atoms with van der Waals surface area (Å²) < 4.78 is 88.0. The first-order valence-electron chi connectivity index (χ1n) is 12.5. The van der Waals surface area contributed by atoms with Crippen LogP contribution in [0.3, 0.4) is 0 Å². The summed E-state index contributed by atoms with van der Waals surface area (Å²) in [5.41, 5.74) is -2.96. The summed E-state index contributed by atoms with van der Waals surface area (Å²) in [4.78, 5) is 12.4. The lowest BCUT2D eigenvalue weighted by Crippen LogP contribution is -2.62. The number of benzene rings is 1. The van der Waals surface area contributed by atoms with Gasteiger partial charge in [0.15, 0.2) is 0 Å². The third kappa shape index (κ3) is 5.73. The van der Waals surface area contributed by atoms with Gasteiger partial charge in [-0.15, -0.1) is 0 Å². The number of aromatic amines is 1. The number of piperidine rings is 1. The highest BCUT2D eigenvalue weighted by Gasteiger charge is 2.48. The maximum Gasteiger partial charge on any atom is 0.416 e. The van der Waals surface area contributed by atoms with Crippen molar-refractivity contribution in [1.82, 2.24) is 20.1 Å². The summed E-state index contributed by atoms with van der Waals surface area (Å²) in [5.74, 6) is -2.28. The molecule has 0 bridgehead atoms. The van der Waals surface area contributed by atoms with E-state index in [1.807, 2.05) is 12.1 Å². The molecule has 1 saturated heterocycles. The number of rotatable bonds is 7. The first-order chi connectivity index (χ1) is 18.7. The molecule has 1 aliphatic carbocycles. The van der Waals surface area contributed by atoms with E-state index in [4.69, 9.17) is 4.74 Å². The minimum absolute atomic E-state index is 0.0920. The molecule has 1 aliphatic heterocycles. The first-order valence-corrected chi connectivity index (χ1v) is 12.5. The molecule has 3 N–H and O–H groups in total. The second-order valence-corrected chi connectivity index (χ2v) is 10.2. The monoisotopic (exact) mass is 573 g/mol. The van der Waals surface area contributed by atoms with Gasteiger partial charge in [0.25, 0.3) is 0 Å². The van der Waals surface area contributed by atoms with E-state index in [9.17, 15) is 36.3 Å². The fourth-order valence-corrected chi connectivity index (χ4v) is 5.34.